The summed E-state index contributed by atoms with van der Waals surface area (Å²) in [7, 11) is 0. The van der Waals surface area contributed by atoms with E-state index in [1.54, 1.807) is 0 Å². The van der Waals surface area contributed by atoms with Gasteiger partial charge < -0.3 is 9.47 Å². The quantitative estimate of drug-likeness (QED) is 0.152. The number of ether oxygens (including phenoxy) is 2. The predicted molar refractivity (Wildman–Crippen MR) is 276 cm³/mol. The molecule has 0 amide bonds. The summed E-state index contributed by atoms with van der Waals surface area (Å²) < 4.78 is 13.5. The maximum Gasteiger partial charge on any atom is 0.170 e. The van der Waals surface area contributed by atoms with Gasteiger partial charge in [-0.3, -0.25) is 0 Å². The van der Waals surface area contributed by atoms with Crippen LogP contribution in [0.2, 0.25) is 0 Å². The Bertz CT molecular complexity index is 3530. The molecule has 0 bridgehead atoms. The van der Waals surface area contributed by atoms with Crippen molar-refractivity contribution < 1.29 is 9.47 Å². The standard InChI is InChI=1S/C64H41N3O2/c1-5-15-42(16-6-1)44-25-31-47(32-26-44)61-65-62(48-33-27-45(28-34-48)43-17-7-2-8-18-43)67-63(66-61)49-35-29-46(30-36-49)50-37-38-57-58(39-50)69-59-40-54-53-23-13-14-24-55(53)64(51-19-9-3-10-20-51,52-21-11-4-12-22-52)56(54)41-60(59)68-57/h1-41H. The SMILES string of the molecule is c1ccc(-c2ccc(-c3nc(-c4ccc(-c5ccccc5)cc4)nc(-c4ccc(-c5ccc6c(c5)Oc5cc7c(cc5O6)C(c5ccccc5)(c5ccccc5)c5ccccc5-7)cc4)n3)cc2)cc1. The molecule has 0 N–H and O–H groups in total. The zero-order valence-electron chi connectivity index (χ0n) is 37.3. The number of hydrogen-bond donors (Lipinski definition) is 0. The Hall–Kier alpha value is -9.19. The maximum absolute atomic E-state index is 6.78. The summed E-state index contributed by atoms with van der Waals surface area (Å²) in [6, 6.07) is 86.8. The predicted octanol–water partition coefficient (Wildman–Crippen LogP) is 16.1. The number of nitrogens with zero attached hydrogens (tertiary/aromatic N) is 3. The summed E-state index contributed by atoms with van der Waals surface area (Å²) in [5.41, 5.74) is 15.9. The van der Waals surface area contributed by atoms with Gasteiger partial charge in [0.1, 0.15) is 0 Å². The van der Waals surface area contributed by atoms with Gasteiger partial charge in [0, 0.05) is 16.7 Å². The lowest BCUT2D eigenvalue weighted by molar-refractivity contribution is 0.359. The second kappa shape index (κ2) is 16.6. The van der Waals surface area contributed by atoms with Crippen LogP contribution in [-0.2, 0) is 5.41 Å². The van der Waals surface area contributed by atoms with Gasteiger partial charge in [-0.15, -0.1) is 0 Å². The lowest BCUT2D eigenvalue weighted by Crippen LogP contribution is -2.28. The lowest BCUT2D eigenvalue weighted by Gasteiger charge is -2.34. The molecule has 0 atom stereocenters. The molecule has 1 aromatic heterocycles. The Morgan fingerprint density at radius 2 is 0.609 bits per heavy atom. The molecule has 69 heavy (non-hydrogen) atoms. The highest BCUT2D eigenvalue weighted by molar-refractivity contribution is 5.88. The van der Waals surface area contributed by atoms with E-state index in [1.165, 1.54) is 27.8 Å². The summed E-state index contributed by atoms with van der Waals surface area (Å²) in [6.45, 7) is 0. The number of benzene rings is 10. The van der Waals surface area contributed by atoms with Crippen molar-refractivity contribution in [2.45, 2.75) is 5.41 Å². The average molecular weight is 884 g/mol. The Morgan fingerprint density at radius 1 is 0.246 bits per heavy atom. The van der Waals surface area contributed by atoms with Crippen LogP contribution in [0, 0.1) is 0 Å². The first-order chi connectivity index (χ1) is 34.2. The third-order valence-electron chi connectivity index (χ3n) is 13.5. The van der Waals surface area contributed by atoms with E-state index < -0.39 is 5.41 Å². The van der Waals surface area contributed by atoms with E-state index in [4.69, 9.17) is 24.4 Å². The molecule has 1 aliphatic heterocycles. The van der Waals surface area contributed by atoms with Crippen LogP contribution >= 0.6 is 0 Å². The molecule has 0 spiro atoms. The number of rotatable bonds is 8. The lowest BCUT2D eigenvalue weighted by atomic mass is 9.67. The fourth-order valence-electron chi connectivity index (χ4n) is 10.2. The zero-order chi connectivity index (χ0) is 45.7. The minimum Gasteiger partial charge on any atom is -0.450 e. The second-order valence-corrected chi connectivity index (χ2v) is 17.5. The van der Waals surface area contributed by atoms with Gasteiger partial charge in [-0.1, -0.05) is 224 Å². The highest BCUT2D eigenvalue weighted by atomic mass is 16.6. The molecule has 13 rings (SSSR count). The number of aromatic nitrogens is 3. The molecule has 0 radical (unpaired) electrons. The van der Waals surface area contributed by atoms with Gasteiger partial charge in [0.05, 0.1) is 5.41 Å². The van der Waals surface area contributed by atoms with E-state index in [1.807, 2.05) is 18.2 Å². The van der Waals surface area contributed by atoms with Crippen molar-refractivity contribution >= 4 is 0 Å². The van der Waals surface area contributed by atoms with E-state index in [-0.39, 0.29) is 0 Å². The first kappa shape index (κ1) is 40.1. The van der Waals surface area contributed by atoms with E-state index in [0.717, 1.165) is 55.6 Å². The molecule has 0 unspecified atom stereocenters. The van der Waals surface area contributed by atoms with E-state index in [2.05, 4.69) is 231 Å². The molecule has 10 aromatic carbocycles. The van der Waals surface area contributed by atoms with Gasteiger partial charge in [-0.25, -0.2) is 15.0 Å². The van der Waals surface area contributed by atoms with Crippen molar-refractivity contribution in [3.8, 4) is 102 Å². The largest absolute Gasteiger partial charge is 0.450 e. The van der Waals surface area contributed by atoms with Gasteiger partial charge >= 0.3 is 0 Å². The molecule has 0 saturated heterocycles. The van der Waals surface area contributed by atoms with Crippen LogP contribution < -0.4 is 9.47 Å². The Kier molecular flexibility index (Phi) is 9.65. The van der Waals surface area contributed by atoms with Gasteiger partial charge in [0.25, 0.3) is 0 Å². The average Bonchev–Trinajstić information content (AvgIpc) is 3.72. The zero-order valence-corrected chi connectivity index (χ0v) is 37.3. The Labute approximate surface area is 400 Å². The summed E-state index contributed by atoms with van der Waals surface area (Å²) in [4.78, 5) is 15.2. The van der Waals surface area contributed by atoms with Gasteiger partial charge in [0.15, 0.2) is 40.5 Å². The molecule has 5 heteroatoms. The molecule has 0 saturated carbocycles. The van der Waals surface area contributed by atoms with Crippen LogP contribution in [0.15, 0.2) is 249 Å². The van der Waals surface area contributed by atoms with Crippen LogP contribution in [0.25, 0.3) is 78.7 Å². The van der Waals surface area contributed by atoms with Crippen LogP contribution in [-0.4, -0.2) is 15.0 Å². The monoisotopic (exact) mass is 883 g/mol. The van der Waals surface area contributed by atoms with Crippen molar-refractivity contribution in [1.29, 1.82) is 0 Å². The van der Waals surface area contributed by atoms with Gasteiger partial charge in [-0.2, -0.15) is 0 Å². The third kappa shape index (κ3) is 6.99. The number of fused-ring (bicyclic) bond motifs is 5. The normalized spacial score (nSPS) is 12.7. The molecule has 2 aliphatic rings. The Balaban J connectivity index is 0.832. The van der Waals surface area contributed by atoms with E-state index in [0.29, 0.717) is 40.5 Å². The minimum absolute atomic E-state index is 0.532. The third-order valence-corrected chi connectivity index (χ3v) is 13.5. The van der Waals surface area contributed by atoms with Crippen molar-refractivity contribution in [1.82, 2.24) is 15.0 Å². The first-order valence-electron chi connectivity index (χ1n) is 23.2. The Morgan fingerprint density at radius 3 is 1.12 bits per heavy atom. The van der Waals surface area contributed by atoms with Crippen LogP contribution in [0.1, 0.15) is 22.3 Å². The van der Waals surface area contributed by atoms with Crippen molar-refractivity contribution in [3.63, 3.8) is 0 Å². The molecule has 5 nitrogen and oxygen atoms in total. The smallest absolute Gasteiger partial charge is 0.170 e. The second-order valence-electron chi connectivity index (χ2n) is 17.5. The van der Waals surface area contributed by atoms with Gasteiger partial charge in [0.2, 0.25) is 0 Å². The molecule has 1 aliphatic carbocycles. The molecular weight excluding hydrogens is 843 g/mol. The topological polar surface area (TPSA) is 57.1 Å². The molecule has 0 fully saturated rings. The first-order valence-corrected chi connectivity index (χ1v) is 23.2. The van der Waals surface area contributed by atoms with Crippen LogP contribution in [0.3, 0.4) is 0 Å². The van der Waals surface area contributed by atoms with Crippen molar-refractivity contribution in [3.05, 3.63) is 271 Å². The molecule has 2 heterocycles. The van der Waals surface area contributed by atoms with Gasteiger partial charge in [-0.05, 0) is 91.0 Å². The fraction of sp³-hybridized carbons (Fsp3) is 0.0156. The summed E-state index contributed by atoms with van der Waals surface area (Å²) in [5, 5.41) is 0. The summed E-state index contributed by atoms with van der Waals surface area (Å²) in [6.07, 6.45) is 0. The van der Waals surface area contributed by atoms with E-state index in [9.17, 15) is 0 Å². The summed E-state index contributed by atoms with van der Waals surface area (Å²) in [5.74, 6) is 4.52. The van der Waals surface area contributed by atoms with Crippen molar-refractivity contribution in [2.75, 3.05) is 0 Å². The molecule has 324 valence electrons. The van der Waals surface area contributed by atoms with Crippen molar-refractivity contribution in [2.24, 2.45) is 0 Å². The highest BCUT2D eigenvalue weighted by Crippen LogP contribution is 2.60. The van der Waals surface area contributed by atoms with Crippen LogP contribution in [0.5, 0.6) is 23.0 Å². The highest BCUT2D eigenvalue weighted by Gasteiger charge is 2.47. The maximum atomic E-state index is 6.78. The van der Waals surface area contributed by atoms with E-state index >= 15 is 0 Å². The summed E-state index contributed by atoms with van der Waals surface area (Å²) >= 11 is 0. The fourth-order valence-corrected chi connectivity index (χ4v) is 10.2. The molecule has 11 aromatic rings. The minimum atomic E-state index is -0.532. The van der Waals surface area contributed by atoms with Crippen LogP contribution in [0.4, 0.5) is 0 Å². The molecular formula is C64H41N3O2. The number of hydrogen-bond acceptors (Lipinski definition) is 5.